The van der Waals surface area contributed by atoms with Gasteiger partial charge in [0.1, 0.15) is 0 Å². The predicted molar refractivity (Wildman–Crippen MR) is 119 cm³/mol. The topological polar surface area (TPSA) is 56.7 Å². The Balaban J connectivity index is 1.48. The molecule has 0 saturated carbocycles. The molecule has 1 fully saturated rings. The van der Waals surface area contributed by atoms with Crippen LogP contribution in [-0.4, -0.2) is 36.9 Å². The number of guanidine groups is 1. The first-order valence-corrected chi connectivity index (χ1v) is 10.3. The Morgan fingerprint density at radius 1 is 1.03 bits per heavy atom. The number of carbonyl (C=O) groups is 1. The van der Waals surface area contributed by atoms with E-state index in [-0.39, 0.29) is 11.3 Å². The molecule has 154 valence electrons. The van der Waals surface area contributed by atoms with Crippen LogP contribution >= 0.6 is 0 Å². The van der Waals surface area contributed by atoms with Crippen LogP contribution in [0.25, 0.3) is 0 Å². The number of likely N-dealkylation sites (tertiary alicyclic amines) is 1. The van der Waals surface area contributed by atoms with Gasteiger partial charge in [0, 0.05) is 45.1 Å². The van der Waals surface area contributed by atoms with Gasteiger partial charge in [-0.15, -0.1) is 0 Å². The number of nitrogens with one attached hydrogen (secondary N) is 2. The summed E-state index contributed by atoms with van der Waals surface area (Å²) < 4.78 is 0. The maximum absolute atomic E-state index is 11.8. The molecule has 1 amide bonds. The van der Waals surface area contributed by atoms with Crippen LogP contribution < -0.4 is 10.6 Å². The van der Waals surface area contributed by atoms with Crippen molar-refractivity contribution in [2.24, 2.45) is 4.99 Å². The molecule has 0 radical (unpaired) electrons. The van der Waals surface area contributed by atoms with Gasteiger partial charge < -0.3 is 15.5 Å². The lowest BCUT2D eigenvalue weighted by Gasteiger charge is -2.26. The molecule has 2 aromatic carbocycles. The van der Waals surface area contributed by atoms with Crippen molar-refractivity contribution in [1.82, 2.24) is 15.5 Å². The zero-order valence-electron chi connectivity index (χ0n) is 17.7. The average molecular weight is 393 g/mol. The highest BCUT2D eigenvalue weighted by Gasteiger charge is 2.21. The summed E-state index contributed by atoms with van der Waals surface area (Å²) in [5.74, 6) is 1.06. The molecule has 1 saturated heterocycles. The van der Waals surface area contributed by atoms with Crippen LogP contribution in [0.5, 0.6) is 0 Å². The summed E-state index contributed by atoms with van der Waals surface area (Å²) >= 11 is 0. The van der Waals surface area contributed by atoms with E-state index in [0.717, 1.165) is 25.5 Å². The van der Waals surface area contributed by atoms with Gasteiger partial charge in [-0.25, -0.2) is 0 Å². The van der Waals surface area contributed by atoms with E-state index < -0.39 is 0 Å². The number of rotatable bonds is 7. The molecule has 5 nitrogen and oxygen atoms in total. The van der Waals surface area contributed by atoms with Crippen LogP contribution in [0, 0.1) is 0 Å². The summed E-state index contributed by atoms with van der Waals surface area (Å²) in [6, 6.07) is 19.0. The molecule has 0 unspecified atom stereocenters. The molecule has 0 aromatic heterocycles. The molecule has 2 N–H and O–H groups in total. The second-order valence-electron chi connectivity index (χ2n) is 8.26. The fourth-order valence-electron chi connectivity index (χ4n) is 3.56. The first-order chi connectivity index (χ1) is 14.0. The van der Waals surface area contributed by atoms with E-state index in [1.165, 1.54) is 16.7 Å². The lowest BCUT2D eigenvalue weighted by atomic mass is 9.85. The third-order valence-electron chi connectivity index (χ3n) is 5.50. The van der Waals surface area contributed by atoms with Gasteiger partial charge in [0.25, 0.3) is 0 Å². The molecule has 3 rings (SSSR count). The van der Waals surface area contributed by atoms with Crippen molar-refractivity contribution in [2.75, 3.05) is 20.1 Å². The Labute approximate surface area is 174 Å². The smallest absolute Gasteiger partial charge is 0.222 e. The minimum atomic E-state index is 0.00748. The van der Waals surface area contributed by atoms with E-state index in [2.05, 4.69) is 78.0 Å². The Morgan fingerprint density at radius 2 is 1.72 bits per heavy atom. The van der Waals surface area contributed by atoms with Crippen molar-refractivity contribution in [1.29, 1.82) is 0 Å². The molecule has 0 aliphatic carbocycles. The Hall–Kier alpha value is -2.82. The second-order valence-corrected chi connectivity index (χ2v) is 8.26. The van der Waals surface area contributed by atoms with Gasteiger partial charge in [0.15, 0.2) is 5.96 Å². The molecule has 1 aliphatic heterocycles. The van der Waals surface area contributed by atoms with Crippen molar-refractivity contribution in [3.63, 3.8) is 0 Å². The summed E-state index contributed by atoms with van der Waals surface area (Å²) in [6.45, 7) is 7.54. The number of hydrogen-bond donors (Lipinski definition) is 2. The van der Waals surface area contributed by atoms with E-state index in [0.29, 0.717) is 19.5 Å². The molecular weight excluding hydrogens is 360 g/mol. The molecule has 1 aliphatic rings. The molecule has 0 bridgehead atoms. The zero-order chi connectivity index (χ0) is 20.7. The molecule has 29 heavy (non-hydrogen) atoms. The van der Waals surface area contributed by atoms with Gasteiger partial charge in [0.05, 0.1) is 0 Å². The van der Waals surface area contributed by atoms with E-state index in [1.807, 2.05) is 11.0 Å². The van der Waals surface area contributed by atoms with Gasteiger partial charge in [-0.2, -0.15) is 0 Å². The zero-order valence-corrected chi connectivity index (χ0v) is 17.7. The maximum Gasteiger partial charge on any atom is 0.222 e. The SMILES string of the molecule is CN=C(NCc1ccc(CN2CCCC2=O)cc1)NCC(C)(C)c1ccccc1. The largest absolute Gasteiger partial charge is 0.356 e. The second kappa shape index (κ2) is 9.59. The van der Waals surface area contributed by atoms with Gasteiger partial charge >= 0.3 is 0 Å². The number of benzene rings is 2. The highest BCUT2D eigenvalue weighted by atomic mass is 16.2. The third kappa shape index (κ3) is 5.83. The van der Waals surface area contributed by atoms with Crippen LogP contribution in [0.1, 0.15) is 43.4 Å². The van der Waals surface area contributed by atoms with E-state index in [1.54, 1.807) is 7.05 Å². The van der Waals surface area contributed by atoms with E-state index >= 15 is 0 Å². The summed E-state index contributed by atoms with van der Waals surface area (Å²) in [4.78, 5) is 18.1. The maximum atomic E-state index is 11.8. The van der Waals surface area contributed by atoms with Crippen LogP contribution in [0.3, 0.4) is 0 Å². The standard InChI is InChI=1S/C24H32N4O/c1-24(2,21-8-5-4-6-9-21)18-27-23(25-3)26-16-19-11-13-20(14-12-19)17-28-15-7-10-22(28)29/h4-6,8-9,11-14H,7,10,15-18H2,1-3H3,(H2,25,26,27). The van der Waals surface area contributed by atoms with Crippen molar-refractivity contribution in [3.8, 4) is 0 Å². The predicted octanol–water partition coefficient (Wildman–Crippen LogP) is 3.45. The summed E-state index contributed by atoms with van der Waals surface area (Å²) in [6.07, 6.45) is 1.67. The molecule has 0 spiro atoms. The van der Waals surface area contributed by atoms with Crippen LogP contribution in [0.2, 0.25) is 0 Å². The monoisotopic (exact) mass is 392 g/mol. The van der Waals surface area contributed by atoms with Gasteiger partial charge in [-0.3, -0.25) is 9.79 Å². The number of nitrogens with zero attached hydrogens (tertiary/aromatic N) is 2. The van der Waals surface area contributed by atoms with E-state index in [9.17, 15) is 4.79 Å². The fraction of sp³-hybridized carbons (Fsp3) is 0.417. The van der Waals surface area contributed by atoms with E-state index in [4.69, 9.17) is 0 Å². The highest BCUT2D eigenvalue weighted by molar-refractivity contribution is 5.79. The van der Waals surface area contributed by atoms with Crippen LogP contribution in [0.15, 0.2) is 59.6 Å². The first-order valence-electron chi connectivity index (χ1n) is 10.3. The fourth-order valence-corrected chi connectivity index (χ4v) is 3.56. The van der Waals surface area contributed by atoms with Crippen LogP contribution in [0.4, 0.5) is 0 Å². The third-order valence-corrected chi connectivity index (χ3v) is 5.50. The lowest BCUT2D eigenvalue weighted by molar-refractivity contribution is -0.128. The summed E-state index contributed by atoms with van der Waals surface area (Å²) in [7, 11) is 1.79. The van der Waals surface area contributed by atoms with Gasteiger partial charge in [0.2, 0.25) is 5.91 Å². The summed E-state index contributed by atoms with van der Waals surface area (Å²) in [5.41, 5.74) is 3.67. The number of hydrogen-bond acceptors (Lipinski definition) is 2. The average Bonchev–Trinajstić information content (AvgIpc) is 3.14. The highest BCUT2D eigenvalue weighted by Crippen LogP contribution is 2.21. The molecule has 0 atom stereocenters. The van der Waals surface area contributed by atoms with Crippen molar-refractivity contribution < 1.29 is 4.79 Å². The van der Waals surface area contributed by atoms with Crippen molar-refractivity contribution >= 4 is 11.9 Å². The molecular formula is C24H32N4O. The molecule has 2 aromatic rings. The van der Waals surface area contributed by atoms with Gasteiger partial charge in [-0.1, -0.05) is 68.4 Å². The Morgan fingerprint density at radius 3 is 2.34 bits per heavy atom. The minimum Gasteiger partial charge on any atom is -0.356 e. The number of carbonyl (C=O) groups excluding carboxylic acids is 1. The number of aliphatic imine (C=N–C) groups is 1. The number of amides is 1. The van der Waals surface area contributed by atoms with Gasteiger partial charge in [-0.05, 0) is 23.1 Å². The first kappa shape index (κ1) is 20.9. The Bertz CT molecular complexity index is 828. The summed E-state index contributed by atoms with van der Waals surface area (Å²) in [5, 5.41) is 6.82. The minimum absolute atomic E-state index is 0.00748. The quantitative estimate of drug-likeness (QED) is 0.560. The van der Waals surface area contributed by atoms with Crippen LogP contribution in [-0.2, 0) is 23.3 Å². The molecule has 1 heterocycles. The Kier molecular flexibility index (Phi) is 6.91. The normalized spacial score (nSPS) is 14.9. The lowest BCUT2D eigenvalue weighted by Crippen LogP contribution is -2.43. The van der Waals surface area contributed by atoms with Crippen molar-refractivity contribution in [3.05, 3.63) is 71.3 Å². The van der Waals surface area contributed by atoms with Crippen molar-refractivity contribution in [2.45, 2.75) is 45.2 Å². The molecule has 5 heteroatoms.